The molecule has 0 radical (unpaired) electrons. The minimum atomic E-state index is -2.58. The first-order valence-corrected chi connectivity index (χ1v) is 16.5. The third kappa shape index (κ3) is 14.2. The minimum Gasteiger partial charge on any atom is -0.278 e. The Morgan fingerprint density at radius 1 is 0.472 bits per heavy atom. The SMILES string of the molecule is CCCCCCCCCCO[P+](CCCCCCCCCC)(Oc1ccccc1)Oc1ccccc1. The molecule has 0 atom stereocenters. The fourth-order valence-corrected chi connectivity index (χ4v) is 6.75. The molecule has 202 valence electrons. The van der Waals surface area contributed by atoms with Crippen LogP contribution < -0.4 is 9.05 Å². The molecule has 0 aliphatic heterocycles. The van der Waals surface area contributed by atoms with Crippen LogP contribution in [-0.2, 0) is 4.52 Å². The fraction of sp³-hybridized carbons (Fsp3) is 0.625. The molecule has 0 N–H and O–H groups in total. The summed E-state index contributed by atoms with van der Waals surface area (Å²) in [5, 5.41) is 0. The molecular weight excluding hydrogens is 463 g/mol. The zero-order chi connectivity index (χ0) is 25.6. The molecule has 4 heteroatoms. The number of rotatable bonds is 23. The molecule has 0 saturated heterocycles. The summed E-state index contributed by atoms with van der Waals surface area (Å²) in [7, 11) is -2.58. The van der Waals surface area contributed by atoms with Crippen molar-refractivity contribution in [3.8, 4) is 11.5 Å². The average Bonchev–Trinajstić information content (AvgIpc) is 2.90. The molecule has 0 aliphatic carbocycles. The molecule has 0 heterocycles. The number of unbranched alkanes of at least 4 members (excludes halogenated alkanes) is 14. The molecule has 0 amide bonds. The molecule has 2 aromatic rings. The summed E-state index contributed by atoms with van der Waals surface area (Å²) >= 11 is 0. The predicted octanol–water partition coefficient (Wildman–Crippen LogP) is 11.2. The largest absolute Gasteiger partial charge is 0.497 e. The summed E-state index contributed by atoms with van der Waals surface area (Å²) in [4.78, 5) is 0. The van der Waals surface area contributed by atoms with Gasteiger partial charge in [0.2, 0.25) is 0 Å². The molecule has 36 heavy (non-hydrogen) atoms. The highest BCUT2D eigenvalue weighted by atomic mass is 31.2. The topological polar surface area (TPSA) is 27.7 Å². The molecule has 0 unspecified atom stereocenters. The van der Waals surface area contributed by atoms with E-state index in [1.807, 2.05) is 60.7 Å². The minimum absolute atomic E-state index is 0.694. The first-order chi connectivity index (χ1) is 17.8. The number of hydrogen-bond acceptors (Lipinski definition) is 3. The van der Waals surface area contributed by atoms with E-state index in [1.165, 1.54) is 89.9 Å². The molecule has 2 aromatic carbocycles. The van der Waals surface area contributed by atoms with Crippen molar-refractivity contribution < 1.29 is 13.6 Å². The van der Waals surface area contributed by atoms with Crippen LogP contribution in [-0.4, -0.2) is 12.8 Å². The van der Waals surface area contributed by atoms with Gasteiger partial charge in [-0.2, -0.15) is 4.52 Å². The van der Waals surface area contributed by atoms with Crippen LogP contribution in [0.5, 0.6) is 11.5 Å². The van der Waals surface area contributed by atoms with Gasteiger partial charge in [-0.15, -0.1) is 0 Å². The van der Waals surface area contributed by atoms with Crippen LogP contribution in [0.3, 0.4) is 0 Å². The van der Waals surface area contributed by atoms with Crippen LogP contribution >= 0.6 is 7.94 Å². The lowest BCUT2D eigenvalue weighted by Crippen LogP contribution is -2.17. The molecule has 0 aliphatic rings. The molecule has 0 fully saturated rings. The number of hydrogen-bond donors (Lipinski definition) is 0. The zero-order valence-corrected chi connectivity index (χ0v) is 24.1. The first-order valence-electron chi connectivity index (χ1n) is 14.8. The third-order valence-electron chi connectivity index (χ3n) is 6.55. The van der Waals surface area contributed by atoms with Crippen molar-refractivity contribution in [1.29, 1.82) is 0 Å². The Labute approximate surface area is 222 Å². The molecular formula is C32H52O3P+. The Kier molecular flexibility index (Phi) is 17.4. The normalized spacial score (nSPS) is 11.5. The quantitative estimate of drug-likeness (QED) is 0.109. The van der Waals surface area contributed by atoms with E-state index in [1.54, 1.807) is 0 Å². The maximum Gasteiger partial charge on any atom is 0.497 e. The van der Waals surface area contributed by atoms with Crippen LogP contribution in [0.15, 0.2) is 60.7 Å². The van der Waals surface area contributed by atoms with Crippen molar-refractivity contribution >= 4 is 7.94 Å². The van der Waals surface area contributed by atoms with Crippen molar-refractivity contribution in [2.45, 2.75) is 117 Å². The Morgan fingerprint density at radius 2 is 0.861 bits per heavy atom. The van der Waals surface area contributed by atoms with Crippen molar-refractivity contribution in [2.75, 3.05) is 12.8 Å². The second-order valence-electron chi connectivity index (χ2n) is 9.93. The Bertz CT molecular complexity index is 696. The summed E-state index contributed by atoms with van der Waals surface area (Å²) in [6.07, 6.45) is 21.4. The molecule has 0 aromatic heterocycles. The summed E-state index contributed by atoms with van der Waals surface area (Å²) < 4.78 is 19.8. The van der Waals surface area contributed by atoms with Gasteiger partial charge in [-0.05, 0) is 43.5 Å². The van der Waals surface area contributed by atoms with Gasteiger partial charge in [0.15, 0.2) is 17.7 Å². The molecule has 2 rings (SSSR count). The standard InChI is InChI=1S/C32H52O3P/c1-3-5-7-9-11-13-15-23-29-33-36(34-31-25-19-17-20-26-31,35-32-27-21-18-22-28-32)30-24-16-14-12-10-8-6-4-2/h17-22,25-28H,3-16,23-24,29-30H2,1-2H3/q+1. The zero-order valence-electron chi connectivity index (χ0n) is 23.2. The Balaban J connectivity index is 1.95. The average molecular weight is 516 g/mol. The summed E-state index contributed by atoms with van der Waals surface area (Å²) in [5.74, 6) is 1.66. The maximum atomic E-state index is 6.61. The summed E-state index contributed by atoms with van der Waals surface area (Å²) in [6.45, 7) is 5.24. The van der Waals surface area contributed by atoms with Gasteiger partial charge in [0, 0.05) is 0 Å². The molecule has 0 spiro atoms. The van der Waals surface area contributed by atoms with E-state index >= 15 is 0 Å². The maximum absolute atomic E-state index is 6.61. The molecule has 3 nitrogen and oxygen atoms in total. The Hall–Kier alpha value is -1.57. The van der Waals surface area contributed by atoms with Crippen LogP contribution in [0.25, 0.3) is 0 Å². The smallest absolute Gasteiger partial charge is 0.278 e. The van der Waals surface area contributed by atoms with Crippen molar-refractivity contribution in [1.82, 2.24) is 0 Å². The fourth-order valence-electron chi connectivity index (χ4n) is 4.39. The van der Waals surface area contributed by atoms with E-state index in [-0.39, 0.29) is 0 Å². The van der Waals surface area contributed by atoms with Crippen LogP contribution in [0.4, 0.5) is 0 Å². The highest BCUT2D eigenvalue weighted by Gasteiger charge is 2.47. The van der Waals surface area contributed by atoms with Crippen LogP contribution in [0.1, 0.15) is 117 Å². The van der Waals surface area contributed by atoms with E-state index in [9.17, 15) is 0 Å². The molecule has 0 saturated carbocycles. The van der Waals surface area contributed by atoms with Gasteiger partial charge in [0.05, 0.1) is 6.61 Å². The first kappa shape index (κ1) is 30.7. The highest BCUT2D eigenvalue weighted by molar-refractivity contribution is 7.62. The third-order valence-corrected chi connectivity index (χ3v) is 8.96. The van der Waals surface area contributed by atoms with Gasteiger partial charge >= 0.3 is 7.94 Å². The lowest BCUT2D eigenvalue weighted by molar-refractivity contribution is 0.234. The second kappa shape index (κ2) is 20.5. The lowest BCUT2D eigenvalue weighted by atomic mass is 10.1. The monoisotopic (exact) mass is 515 g/mol. The van der Waals surface area contributed by atoms with E-state index in [0.717, 1.165) is 30.5 Å². The summed E-state index contributed by atoms with van der Waals surface area (Å²) in [6, 6.07) is 20.1. The van der Waals surface area contributed by atoms with Gasteiger partial charge < -0.3 is 0 Å². The second-order valence-corrected chi connectivity index (χ2v) is 12.2. The van der Waals surface area contributed by atoms with Crippen molar-refractivity contribution in [3.05, 3.63) is 60.7 Å². The van der Waals surface area contributed by atoms with E-state index in [2.05, 4.69) is 13.8 Å². The van der Waals surface area contributed by atoms with Gasteiger partial charge in [0.1, 0.15) is 0 Å². The van der Waals surface area contributed by atoms with Crippen LogP contribution in [0, 0.1) is 0 Å². The van der Waals surface area contributed by atoms with Crippen LogP contribution in [0.2, 0.25) is 0 Å². The van der Waals surface area contributed by atoms with Crippen molar-refractivity contribution in [2.24, 2.45) is 0 Å². The Morgan fingerprint density at radius 3 is 1.31 bits per heavy atom. The highest BCUT2D eigenvalue weighted by Crippen LogP contribution is 2.61. The van der Waals surface area contributed by atoms with Gasteiger partial charge in [0.25, 0.3) is 0 Å². The number of para-hydroxylation sites is 2. The predicted molar refractivity (Wildman–Crippen MR) is 157 cm³/mol. The van der Waals surface area contributed by atoms with Gasteiger partial charge in [-0.25, -0.2) is 0 Å². The van der Waals surface area contributed by atoms with E-state index < -0.39 is 7.94 Å². The van der Waals surface area contributed by atoms with Gasteiger partial charge in [-0.3, -0.25) is 9.05 Å². The van der Waals surface area contributed by atoms with Gasteiger partial charge in [-0.1, -0.05) is 134 Å². The van der Waals surface area contributed by atoms with Crippen molar-refractivity contribution in [3.63, 3.8) is 0 Å². The van der Waals surface area contributed by atoms with E-state index in [4.69, 9.17) is 13.6 Å². The molecule has 0 bridgehead atoms. The summed E-state index contributed by atoms with van der Waals surface area (Å²) in [5.41, 5.74) is 0. The number of benzene rings is 2. The van der Waals surface area contributed by atoms with E-state index in [0.29, 0.717) is 6.61 Å². The lowest BCUT2D eigenvalue weighted by Gasteiger charge is -2.23.